The highest BCUT2D eigenvalue weighted by molar-refractivity contribution is 8.00. The molecule has 2 unspecified atom stereocenters. The van der Waals surface area contributed by atoms with Crippen LogP contribution in [0, 0.1) is 12.7 Å². The molecular formula is C23H28FNO3SSi. The molecule has 0 spiro atoms. The van der Waals surface area contributed by atoms with Crippen LogP contribution in [0.15, 0.2) is 42.5 Å². The number of hydrogen-bond acceptors (Lipinski definition) is 3. The second kappa shape index (κ2) is 8.94. The van der Waals surface area contributed by atoms with E-state index in [0.717, 1.165) is 29.5 Å². The summed E-state index contributed by atoms with van der Waals surface area (Å²) in [6.45, 7) is 8.76. The van der Waals surface area contributed by atoms with Gasteiger partial charge in [0, 0.05) is 5.67 Å². The predicted octanol–water partition coefficient (Wildman–Crippen LogP) is 5.29. The zero-order valence-corrected chi connectivity index (χ0v) is 19.6. The highest BCUT2D eigenvalue weighted by Crippen LogP contribution is 2.42. The summed E-state index contributed by atoms with van der Waals surface area (Å²) in [6.07, 6.45) is 1.61. The number of thioether (sulfide) groups is 1. The molecule has 0 bridgehead atoms. The van der Waals surface area contributed by atoms with Gasteiger partial charge in [-0.15, -0.1) is 11.8 Å². The third-order valence-electron chi connectivity index (χ3n) is 5.67. The van der Waals surface area contributed by atoms with Crippen molar-refractivity contribution in [3.63, 3.8) is 0 Å². The van der Waals surface area contributed by atoms with Gasteiger partial charge in [0.25, 0.3) is 0 Å². The minimum Gasteiger partial charge on any atom is -0.478 e. The van der Waals surface area contributed by atoms with Crippen LogP contribution in [-0.4, -0.2) is 41.4 Å². The molecule has 2 atom stereocenters. The summed E-state index contributed by atoms with van der Waals surface area (Å²) in [5, 5.41) is 9.10. The first-order valence-corrected chi connectivity index (χ1v) is 14.7. The van der Waals surface area contributed by atoms with Crippen molar-refractivity contribution in [3.8, 4) is 0 Å². The van der Waals surface area contributed by atoms with Crippen molar-refractivity contribution in [2.24, 2.45) is 0 Å². The fourth-order valence-electron chi connectivity index (χ4n) is 4.05. The average molecular weight is 446 g/mol. The minimum atomic E-state index is -1.76. The summed E-state index contributed by atoms with van der Waals surface area (Å²) in [4.78, 5) is 26.1. The fraction of sp³-hybridized carbons (Fsp3) is 0.391. The Kier molecular flexibility index (Phi) is 6.72. The van der Waals surface area contributed by atoms with Crippen LogP contribution in [0.1, 0.15) is 38.8 Å². The minimum absolute atomic E-state index is 0.0923. The van der Waals surface area contributed by atoms with E-state index >= 15 is 0 Å². The molecule has 0 aliphatic carbocycles. The molecule has 30 heavy (non-hydrogen) atoms. The van der Waals surface area contributed by atoms with E-state index in [1.807, 2.05) is 17.9 Å². The van der Waals surface area contributed by atoms with Crippen molar-refractivity contribution in [2.75, 3.05) is 5.75 Å². The van der Waals surface area contributed by atoms with Crippen LogP contribution in [0.3, 0.4) is 0 Å². The van der Waals surface area contributed by atoms with Crippen LogP contribution in [-0.2, 0) is 11.2 Å². The first kappa shape index (κ1) is 22.6. The maximum absolute atomic E-state index is 13.4. The Bertz CT molecular complexity index is 942. The van der Waals surface area contributed by atoms with Gasteiger partial charge in [-0.25, -0.2) is 9.18 Å². The molecule has 0 aromatic heterocycles. The molecule has 1 amide bonds. The van der Waals surface area contributed by atoms with E-state index in [0.29, 0.717) is 11.3 Å². The van der Waals surface area contributed by atoms with Gasteiger partial charge in [0.05, 0.1) is 19.4 Å². The number of benzene rings is 2. The highest BCUT2D eigenvalue weighted by Gasteiger charge is 2.42. The largest absolute Gasteiger partial charge is 0.478 e. The summed E-state index contributed by atoms with van der Waals surface area (Å²) in [6, 6.07) is 11.7. The second-order valence-electron chi connectivity index (χ2n) is 8.88. The molecule has 0 saturated carbocycles. The highest BCUT2D eigenvalue weighted by atomic mass is 32.2. The van der Waals surface area contributed by atoms with Gasteiger partial charge in [-0.05, 0) is 60.7 Å². The number of aromatic carboxylic acids is 1. The molecule has 7 heteroatoms. The number of aryl methyl sites for hydroxylation is 2. The Morgan fingerprint density at radius 2 is 1.90 bits per heavy atom. The first-order valence-electron chi connectivity index (χ1n) is 10.1. The normalized spacial score (nSPS) is 18.0. The van der Waals surface area contributed by atoms with Crippen LogP contribution in [0.2, 0.25) is 19.6 Å². The zero-order chi connectivity index (χ0) is 22.1. The van der Waals surface area contributed by atoms with Crippen LogP contribution in [0.4, 0.5) is 4.39 Å². The van der Waals surface area contributed by atoms with Crippen molar-refractivity contribution in [1.29, 1.82) is 0 Å². The van der Waals surface area contributed by atoms with Crippen LogP contribution in [0.25, 0.3) is 0 Å². The fourth-order valence-corrected chi connectivity index (χ4v) is 7.52. The van der Waals surface area contributed by atoms with Crippen molar-refractivity contribution < 1.29 is 19.1 Å². The van der Waals surface area contributed by atoms with Crippen LogP contribution < -0.4 is 0 Å². The van der Waals surface area contributed by atoms with Gasteiger partial charge in [-0.1, -0.05) is 37.8 Å². The van der Waals surface area contributed by atoms with Gasteiger partial charge < -0.3 is 10.0 Å². The van der Waals surface area contributed by atoms with E-state index in [2.05, 4.69) is 19.6 Å². The van der Waals surface area contributed by atoms with Gasteiger partial charge in [0.2, 0.25) is 5.91 Å². The molecule has 1 N–H and O–H groups in total. The maximum Gasteiger partial charge on any atom is 0.335 e. The van der Waals surface area contributed by atoms with Gasteiger partial charge >= 0.3 is 5.97 Å². The lowest BCUT2D eigenvalue weighted by molar-refractivity contribution is -0.129. The third-order valence-corrected chi connectivity index (χ3v) is 9.47. The lowest BCUT2D eigenvalue weighted by Crippen LogP contribution is -2.52. The van der Waals surface area contributed by atoms with Crippen LogP contribution in [0.5, 0.6) is 0 Å². The summed E-state index contributed by atoms with van der Waals surface area (Å²) in [7, 11) is -1.76. The van der Waals surface area contributed by atoms with E-state index < -0.39 is 14.0 Å². The Balaban J connectivity index is 1.85. The van der Waals surface area contributed by atoms with Crippen molar-refractivity contribution in [1.82, 2.24) is 4.90 Å². The van der Waals surface area contributed by atoms with Gasteiger partial charge in [-0.2, -0.15) is 0 Å². The summed E-state index contributed by atoms with van der Waals surface area (Å²) in [5.74, 6) is -0.622. The number of hydrogen-bond donors (Lipinski definition) is 1. The topological polar surface area (TPSA) is 57.6 Å². The summed E-state index contributed by atoms with van der Waals surface area (Å²) < 4.78 is 13.4. The molecule has 1 heterocycles. The van der Waals surface area contributed by atoms with E-state index in [-0.39, 0.29) is 22.8 Å². The van der Waals surface area contributed by atoms with Crippen molar-refractivity contribution >= 4 is 31.7 Å². The number of rotatable bonds is 7. The standard InChI is InChI=1S/C23H28FNO3SSi/c1-15-13-18(23(27)28)6-5-16(15)9-12-21(30(2,3)4)25-20(26)14-29-22(25)17-7-10-19(24)11-8-17/h5-8,10-11,13,21-22H,9,12,14H2,1-4H3,(H,27,28). The number of amides is 1. The third kappa shape index (κ3) is 4.95. The lowest BCUT2D eigenvalue weighted by atomic mass is 10.0. The molecule has 1 aliphatic heterocycles. The van der Waals surface area contributed by atoms with E-state index in [1.54, 1.807) is 36.0 Å². The molecule has 2 aromatic rings. The van der Waals surface area contributed by atoms with Crippen LogP contribution >= 0.6 is 11.8 Å². The Morgan fingerprint density at radius 1 is 1.23 bits per heavy atom. The Hall–Kier alpha value is -2.12. The predicted molar refractivity (Wildman–Crippen MR) is 122 cm³/mol. The smallest absolute Gasteiger partial charge is 0.335 e. The molecular weight excluding hydrogens is 417 g/mol. The molecule has 0 radical (unpaired) electrons. The molecule has 1 fully saturated rings. The molecule has 1 saturated heterocycles. The van der Waals surface area contributed by atoms with Crippen molar-refractivity contribution in [2.45, 2.75) is 50.4 Å². The van der Waals surface area contributed by atoms with Crippen molar-refractivity contribution in [3.05, 3.63) is 70.5 Å². The van der Waals surface area contributed by atoms with Gasteiger partial charge in [0.15, 0.2) is 0 Å². The molecule has 1 aliphatic rings. The van der Waals surface area contributed by atoms with E-state index in [1.165, 1.54) is 12.1 Å². The summed E-state index contributed by atoms with van der Waals surface area (Å²) >= 11 is 1.60. The number of carbonyl (C=O) groups excluding carboxylic acids is 1. The monoisotopic (exact) mass is 445 g/mol. The number of carboxylic acids is 1. The van der Waals surface area contributed by atoms with E-state index in [9.17, 15) is 19.1 Å². The molecule has 2 aromatic carbocycles. The average Bonchev–Trinajstić information content (AvgIpc) is 3.04. The lowest BCUT2D eigenvalue weighted by Gasteiger charge is -2.40. The maximum atomic E-state index is 13.4. The Morgan fingerprint density at radius 3 is 2.47 bits per heavy atom. The molecule has 4 nitrogen and oxygen atoms in total. The van der Waals surface area contributed by atoms with Gasteiger partial charge in [0.1, 0.15) is 11.2 Å². The zero-order valence-electron chi connectivity index (χ0n) is 17.8. The molecule has 160 valence electrons. The van der Waals surface area contributed by atoms with Gasteiger partial charge in [-0.3, -0.25) is 4.79 Å². The number of carboxylic acid groups (broad SMARTS) is 1. The molecule has 3 rings (SSSR count). The Labute approximate surface area is 182 Å². The second-order valence-corrected chi connectivity index (χ2v) is 15.3. The number of carbonyl (C=O) groups is 2. The van der Waals surface area contributed by atoms with E-state index in [4.69, 9.17) is 0 Å². The first-order chi connectivity index (χ1) is 14.1. The summed E-state index contributed by atoms with van der Waals surface area (Å²) in [5.41, 5.74) is 3.45. The quantitative estimate of drug-likeness (QED) is 0.589. The number of nitrogens with zero attached hydrogens (tertiary/aromatic N) is 1. The number of halogens is 1. The SMILES string of the molecule is Cc1cc(C(=O)O)ccc1CCC(N1C(=O)CSC1c1ccc(F)cc1)[Si](C)(C)C.